The lowest BCUT2D eigenvalue weighted by Gasteiger charge is -2.00. The minimum atomic E-state index is 0.830. The number of anilines is 1. The van der Waals surface area contributed by atoms with Crippen LogP contribution >= 0.6 is 11.3 Å². The summed E-state index contributed by atoms with van der Waals surface area (Å²) in [5, 5.41) is 13.0. The van der Waals surface area contributed by atoms with Gasteiger partial charge in [0.25, 0.3) is 0 Å². The lowest BCUT2D eigenvalue weighted by atomic mass is 10.3. The molecule has 1 heterocycles. The molecule has 0 fully saturated rings. The molecule has 0 atom stereocenters. The van der Waals surface area contributed by atoms with Crippen molar-refractivity contribution in [3.05, 3.63) is 5.01 Å². The summed E-state index contributed by atoms with van der Waals surface area (Å²) in [5.74, 6) is 0. The molecule has 1 N–H and O–H groups in total. The Hall–Kier alpha value is -0.680. The Morgan fingerprint density at radius 3 is 2.85 bits per heavy atom. The van der Waals surface area contributed by atoms with E-state index < -0.39 is 0 Å². The maximum Gasteiger partial charge on any atom is 0.205 e. The average molecular weight is 201 g/mol. The zero-order chi connectivity index (χ0) is 9.52. The molecular weight excluding hydrogens is 186 g/mol. The highest BCUT2D eigenvalue weighted by Crippen LogP contribution is 2.13. The molecule has 1 rings (SSSR count). The smallest absolute Gasteiger partial charge is 0.205 e. The summed E-state index contributed by atoms with van der Waals surface area (Å²) in [7, 11) is 1.72. The summed E-state index contributed by atoms with van der Waals surface area (Å²) in [6.45, 7) is 3.72. The molecule has 0 aliphatic heterocycles. The van der Waals surface area contributed by atoms with E-state index in [-0.39, 0.29) is 0 Å². The zero-order valence-electron chi connectivity index (χ0n) is 8.04. The molecule has 1 aromatic heterocycles. The van der Waals surface area contributed by atoms with Crippen molar-refractivity contribution < 1.29 is 4.74 Å². The second-order valence-corrected chi connectivity index (χ2v) is 3.93. The number of rotatable bonds is 6. The Bertz CT molecular complexity index is 239. The minimum Gasteiger partial charge on any atom is -0.385 e. The Balaban J connectivity index is 2.06. The first kappa shape index (κ1) is 10.4. The van der Waals surface area contributed by atoms with Crippen LogP contribution in [0.4, 0.5) is 5.13 Å². The summed E-state index contributed by atoms with van der Waals surface area (Å²) in [5.41, 5.74) is 0. The molecule has 0 aromatic carbocycles. The van der Waals surface area contributed by atoms with E-state index in [1.54, 1.807) is 18.4 Å². The Kier molecular flexibility index (Phi) is 4.70. The van der Waals surface area contributed by atoms with E-state index in [0.29, 0.717) is 0 Å². The third kappa shape index (κ3) is 4.19. The average Bonchev–Trinajstić information content (AvgIpc) is 2.51. The van der Waals surface area contributed by atoms with Crippen LogP contribution in [-0.2, 0) is 4.74 Å². The van der Waals surface area contributed by atoms with Crippen LogP contribution in [0.25, 0.3) is 0 Å². The van der Waals surface area contributed by atoms with Crippen molar-refractivity contribution in [2.24, 2.45) is 0 Å². The van der Waals surface area contributed by atoms with Crippen molar-refractivity contribution >= 4 is 16.5 Å². The van der Waals surface area contributed by atoms with Crippen LogP contribution in [-0.4, -0.2) is 30.5 Å². The van der Waals surface area contributed by atoms with Gasteiger partial charge in [0.15, 0.2) is 0 Å². The molecule has 4 nitrogen and oxygen atoms in total. The molecule has 0 spiro atoms. The molecule has 74 valence electrons. The molecule has 0 amide bonds. The van der Waals surface area contributed by atoms with E-state index in [9.17, 15) is 0 Å². The van der Waals surface area contributed by atoms with Crippen molar-refractivity contribution in [2.45, 2.75) is 19.8 Å². The van der Waals surface area contributed by atoms with Gasteiger partial charge in [-0.25, -0.2) is 0 Å². The second kappa shape index (κ2) is 5.88. The van der Waals surface area contributed by atoms with Crippen molar-refractivity contribution in [1.29, 1.82) is 0 Å². The van der Waals surface area contributed by atoms with Crippen LogP contribution in [0.1, 0.15) is 17.8 Å². The van der Waals surface area contributed by atoms with E-state index in [4.69, 9.17) is 4.74 Å². The first-order valence-corrected chi connectivity index (χ1v) is 5.17. The van der Waals surface area contributed by atoms with Gasteiger partial charge in [0.2, 0.25) is 5.13 Å². The summed E-state index contributed by atoms with van der Waals surface area (Å²) < 4.78 is 4.95. The molecule has 0 bridgehead atoms. The van der Waals surface area contributed by atoms with Gasteiger partial charge in [-0.2, -0.15) is 0 Å². The molecule has 0 aliphatic rings. The summed E-state index contributed by atoms with van der Waals surface area (Å²) in [4.78, 5) is 0. The van der Waals surface area contributed by atoms with Gasteiger partial charge in [-0.1, -0.05) is 11.3 Å². The van der Waals surface area contributed by atoms with E-state index in [0.717, 1.165) is 36.1 Å². The van der Waals surface area contributed by atoms with Gasteiger partial charge in [0, 0.05) is 20.3 Å². The van der Waals surface area contributed by atoms with Gasteiger partial charge in [-0.3, -0.25) is 0 Å². The van der Waals surface area contributed by atoms with Gasteiger partial charge in [-0.05, 0) is 19.8 Å². The standard InChI is InChI=1S/C8H15N3OS/c1-7-10-11-8(13-7)9-5-3-4-6-12-2/h3-6H2,1-2H3,(H,9,11). The molecule has 0 unspecified atom stereocenters. The van der Waals surface area contributed by atoms with Crippen molar-refractivity contribution in [3.8, 4) is 0 Å². The fourth-order valence-electron chi connectivity index (χ4n) is 0.935. The van der Waals surface area contributed by atoms with Crippen LogP contribution in [0.3, 0.4) is 0 Å². The molecule has 0 aliphatic carbocycles. The van der Waals surface area contributed by atoms with Gasteiger partial charge in [0.1, 0.15) is 5.01 Å². The fourth-order valence-corrected chi connectivity index (χ4v) is 1.55. The maximum atomic E-state index is 4.95. The van der Waals surface area contributed by atoms with Gasteiger partial charge in [0.05, 0.1) is 0 Å². The van der Waals surface area contributed by atoms with Gasteiger partial charge >= 0.3 is 0 Å². The van der Waals surface area contributed by atoms with Gasteiger partial charge < -0.3 is 10.1 Å². The number of unbranched alkanes of at least 4 members (excludes halogenated alkanes) is 1. The number of hydrogen-bond acceptors (Lipinski definition) is 5. The first-order chi connectivity index (χ1) is 6.33. The van der Waals surface area contributed by atoms with Crippen molar-refractivity contribution in [2.75, 3.05) is 25.6 Å². The number of methoxy groups -OCH3 is 1. The highest BCUT2D eigenvalue weighted by molar-refractivity contribution is 7.15. The number of hydrogen-bond donors (Lipinski definition) is 1. The quantitative estimate of drug-likeness (QED) is 0.711. The Morgan fingerprint density at radius 1 is 1.38 bits per heavy atom. The summed E-state index contributed by atoms with van der Waals surface area (Å²) in [6.07, 6.45) is 2.19. The van der Waals surface area contributed by atoms with Crippen LogP contribution < -0.4 is 5.32 Å². The minimum absolute atomic E-state index is 0.830. The topological polar surface area (TPSA) is 47.0 Å². The lowest BCUT2D eigenvalue weighted by molar-refractivity contribution is 0.194. The zero-order valence-corrected chi connectivity index (χ0v) is 8.86. The van der Waals surface area contributed by atoms with Gasteiger partial charge in [-0.15, -0.1) is 10.2 Å². The number of ether oxygens (including phenoxy) is 1. The molecular formula is C8H15N3OS. The third-order valence-electron chi connectivity index (χ3n) is 1.58. The van der Waals surface area contributed by atoms with Crippen molar-refractivity contribution in [3.63, 3.8) is 0 Å². The Morgan fingerprint density at radius 2 is 2.23 bits per heavy atom. The van der Waals surface area contributed by atoms with E-state index >= 15 is 0 Å². The summed E-state index contributed by atoms with van der Waals surface area (Å²) in [6, 6.07) is 0. The molecule has 0 saturated heterocycles. The molecule has 13 heavy (non-hydrogen) atoms. The first-order valence-electron chi connectivity index (χ1n) is 4.36. The molecule has 0 radical (unpaired) electrons. The van der Waals surface area contributed by atoms with E-state index in [1.165, 1.54) is 0 Å². The predicted molar refractivity (Wildman–Crippen MR) is 54.2 cm³/mol. The largest absolute Gasteiger partial charge is 0.385 e. The second-order valence-electron chi connectivity index (χ2n) is 2.75. The lowest BCUT2D eigenvalue weighted by Crippen LogP contribution is -2.02. The molecule has 5 heteroatoms. The third-order valence-corrected chi connectivity index (χ3v) is 2.37. The fraction of sp³-hybridized carbons (Fsp3) is 0.750. The highest BCUT2D eigenvalue weighted by atomic mass is 32.1. The summed E-state index contributed by atoms with van der Waals surface area (Å²) >= 11 is 1.59. The number of aryl methyl sites for hydroxylation is 1. The molecule has 0 saturated carbocycles. The van der Waals surface area contributed by atoms with E-state index in [2.05, 4.69) is 15.5 Å². The van der Waals surface area contributed by atoms with Crippen LogP contribution in [0, 0.1) is 6.92 Å². The highest BCUT2D eigenvalue weighted by Gasteiger charge is 1.97. The maximum absolute atomic E-state index is 4.95. The van der Waals surface area contributed by atoms with Crippen LogP contribution in [0.15, 0.2) is 0 Å². The van der Waals surface area contributed by atoms with Crippen LogP contribution in [0.2, 0.25) is 0 Å². The number of nitrogens with one attached hydrogen (secondary N) is 1. The number of aromatic nitrogens is 2. The SMILES string of the molecule is COCCCCNc1nnc(C)s1. The predicted octanol–water partition coefficient (Wildman–Crippen LogP) is 1.69. The van der Waals surface area contributed by atoms with Crippen molar-refractivity contribution in [1.82, 2.24) is 10.2 Å². The monoisotopic (exact) mass is 201 g/mol. The molecule has 1 aromatic rings. The van der Waals surface area contributed by atoms with E-state index in [1.807, 2.05) is 6.92 Å². The Labute approximate surface area is 82.3 Å². The normalized spacial score (nSPS) is 10.3. The number of nitrogens with zero attached hydrogens (tertiary/aromatic N) is 2. The van der Waals surface area contributed by atoms with Crippen LogP contribution in [0.5, 0.6) is 0 Å².